The van der Waals surface area contributed by atoms with Gasteiger partial charge in [0.05, 0.1) is 12.2 Å². The van der Waals surface area contributed by atoms with Gasteiger partial charge >= 0.3 is 31.2 Å². The van der Waals surface area contributed by atoms with E-state index in [9.17, 15) is 44.0 Å². The molecule has 13 atom stereocenters. The summed E-state index contributed by atoms with van der Waals surface area (Å²) in [6.07, 6.45) is -1.62. The van der Waals surface area contributed by atoms with E-state index in [4.69, 9.17) is 8.37 Å². The van der Waals surface area contributed by atoms with E-state index in [-0.39, 0.29) is 41.4 Å². The van der Waals surface area contributed by atoms with Crippen LogP contribution in [-0.4, -0.2) is 68.4 Å². The van der Waals surface area contributed by atoms with Gasteiger partial charge in [-0.15, -0.1) is 0 Å². The Morgan fingerprint density at radius 1 is 0.958 bits per heavy atom. The summed E-state index contributed by atoms with van der Waals surface area (Å²) in [4.78, 5) is 0. The van der Waals surface area contributed by atoms with Crippen molar-refractivity contribution in [2.75, 3.05) is 0 Å². The van der Waals surface area contributed by atoms with E-state index in [1.54, 1.807) is 6.92 Å². The zero-order valence-corrected chi connectivity index (χ0v) is 31.5. The van der Waals surface area contributed by atoms with Crippen LogP contribution < -0.4 is 0 Å². The summed E-state index contributed by atoms with van der Waals surface area (Å²) in [5, 5.41) is 11.6. The molecule has 48 heavy (non-hydrogen) atoms. The third kappa shape index (κ3) is 7.77. The minimum atomic E-state index is -5.29. The lowest BCUT2D eigenvalue weighted by Gasteiger charge is -2.62. The first kappa shape index (κ1) is 39.8. The summed E-state index contributed by atoms with van der Waals surface area (Å²) in [5.41, 5.74) is 0.316. The first-order chi connectivity index (χ1) is 21.6. The molecule has 16 heteroatoms. The van der Waals surface area contributed by atoms with Gasteiger partial charge in [-0.25, -0.2) is 12.5 Å². The van der Waals surface area contributed by atoms with E-state index in [1.165, 1.54) is 0 Å². The summed E-state index contributed by atoms with van der Waals surface area (Å²) in [5.74, 6) is -0.169. The number of hydrogen-bond acceptors (Lipinski definition) is 10. The number of aliphatic hydroxyl groups excluding tert-OH is 1. The van der Waals surface area contributed by atoms with Gasteiger partial charge in [0.25, 0.3) is 0 Å². The zero-order valence-electron chi connectivity index (χ0n) is 29.1. The number of fused-ring (bicyclic) bond motifs is 5. The van der Waals surface area contributed by atoms with Crippen LogP contribution in [0.4, 0.5) is 0 Å². The summed E-state index contributed by atoms with van der Waals surface area (Å²) >= 11 is 0. The quantitative estimate of drug-likeness (QED) is 0.149. The largest absolute Gasteiger partial charge is 0.397 e. The fourth-order valence-electron chi connectivity index (χ4n) is 10.3. The molecule has 0 saturated heterocycles. The number of allylic oxidation sites excluding steroid dienone is 3. The highest BCUT2D eigenvalue weighted by molar-refractivity contribution is 7.81. The lowest BCUT2D eigenvalue weighted by atomic mass is 9.44. The highest BCUT2D eigenvalue weighted by Crippen LogP contribution is 2.69. The van der Waals surface area contributed by atoms with Crippen LogP contribution in [0.1, 0.15) is 93.9 Å². The Kier molecular flexibility index (Phi) is 11.0. The van der Waals surface area contributed by atoms with E-state index in [0.29, 0.717) is 17.8 Å². The molecular formula is C32H54O13S3. The maximum absolute atomic E-state index is 12.2. The Morgan fingerprint density at radius 3 is 2.02 bits per heavy atom. The van der Waals surface area contributed by atoms with Crippen molar-refractivity contribution in [2.45, 2.75) is 118 Å². The SMILES string of the molecule is C=C(C)C(C)(C)C(C)CC[C@@H](C)[C@H]1CC[C@]2(C)C1C(C)C=C1[C@H]2C[C@H](OS(=O)(=O)O)[C@H]2[C@@H](O)[C@H](OS(=O)(=O)O)[C@@H](OS(=O)(=O)O)C[C@]12C. The molecule has 0 bridgehead atoms. The summed E-state index contributed by atoms with van der Waals surface area (Å²) in [6.45, 7) is 21.2. The summed E-state index contributed by atoms with van der Waals surface area (Å²) in [7, 11) is -15.6. The van der Waals surface area contributed by atoms with Crippen LogP contribution in [0.25, 0.3) is 0 Å². The molecule has 4 rings (SSSR count). The predicted octanol–water partition coefficient (Wildman–Crippen LogP) is 5.22. The highest BCUT2D eigenvalue weighted by atomic mass is 32.3. The molecular weight excluding hydrogens is 689 g/mol. The van der Waals surface area contributed by atoms with Crippen LogP contribution in [0.15, 0.2) is 23.8 Å². The molecule has 3 unspecified atom stereocenters. The molecule has 0 spiro atoms. The van der Waals surface area contributed by atoms with Crippen molar-refractivity contribution in [1.82, 2.24) is 0 Å². The van der Waals surface area contributed by atoms with E-state index >= 15 is 0 Å². The molecule has 0 aliphatic heterocycles. The Labute approximate surface area is 286 Å². The standard InChI is InChI=1S/C32H54O13S3/c1-17(2)30(6,7)20(5)11-10-18(3)21-12-13-31(8)23-15-24(43-46(34,35)36)27-28(33)29(45-48(40,41)42)25(44-47(37,38)39)16-32(27,9)22(23)14-19(4)26(21)31/h14,18-21,23-29,33H,1,10-13,15-16H2,2-9H3,(H,34,35,36)(H,37,38,39)(H,40,41,42)/t18-,19?,20?,21-,23-,24+,25+,26?,27+,28-,29-,31+,32-/m1/s1. The van der Waals surface area contributed by atoms with Gasteiger partial charge in [0.15, 0.2) is 0 Å². The van der Waals surface area contributed by atoms with Crippen molar-refractivity contribution in [3.05, 3.63) is 23.8 Å². The van der Waals surface area contributed by atoms with Gasteiger partial charge in [0, 0.05) is 5.92 Å². The molecule has 0 aromatic heterocycles. The lowest BCUT2D eigenvalue weighted by molar-refractivity contribution is -0.176. The molecule has 4 aliphatic rings. The first-order valence-corrected chi connectivity index (χ1v) is 20.7. The van der Waals surface area contributed by atoms with Gasteiger partial charge in [-0.1, -0.05) is 78.7 Å². The second-order valence-electron chi connectivity index (χ2n) is 16.2. The molecule has 0 aromatic rings. The van der Waals surface area contributed by atoms with Crippen LogP contribution in [0, 0.1) is 57.7 Å². The molecule has 3 fully saturated rings. The molecule has 0 aromatic carbocycles. The van der Waals surface area contributed by atoms with Crippen LogP contribution in [0.2, 0.25) is 0 Å². The maximum atomic E-state index is 12.2. The summed E-state index contributed by atoms with van der Waals surface area (Å²) < 4.78 is 115. The normalized spacial score (nSPS) is 40.2. The van der Waals surface area contributed by atoms with Crippen molar-refractivity contribution in [2.24, 2.45) is 57.7 Å². The Hall–Kier alpha value is -0.950. The molecule has 0 radical (unpaired) electrons. The fraction of sp³-hybridized carbons (Fsp3) is 0.875. The highest BCUT2D eigenvalue weighted by Gasteiger charge is 2.66. The molecule has 13 nitrogen and oxygen atoms in total. The van der Waals surface area contributed by atoms with Crippen molar-refractivity contribution in [1.29, 1.82) is 0 Å². The van der Waals surface area contributed by atoms with Crippen LogP contribution in [0.3, 0.4) is 0 Å². The number of hydrogen-bond donors (Lipinski definition) is 4. The second kappa shape index (κ2) is 13.2. The minimum Gasteiger partial charge on any atom is -0.390 e. The number of aliphatic hydroxyl groups is 1. The van der Waals surface area contributed by atoms with Gasteiger partial charge < -0.3 is 5.11 Å². The first-order valence-electron chi connectivity index (χ1n) is 16.7. The molecule has 4 aliphatic carbocycles. The average molecular weight is 743 g/mol. The topological polar surface area (TPSA) is 211 Å². The number of rotatable bonds is 12. The minimum absolute atomic E-state index is 0.00270. The average Bonchev–Trinajstić information content (AvgIpc) is 3.27. The maximum Gasteiger partial charge on any atom is 0.397 e. The van der Waals surface area contributed by atoms with E-state index < -0.39 is 66.9 Å². The van der Waals surface area contributed by atoms with Crippen LogP contribution in [-0.2, 0) is 43.7 Å². The van der Waals surface area contributed by atoms with Gasteiger partial charge in [0.1, 0.15) is 12.2 Å². The fourth-order valence-corrected chi connectivity index (χ4v) is 11.8. The predicted molar refractivity (Wildman–Crippen MR) is 177 cm³/mol. The smallest absolute Gasteiger partial charge is 0.390 e. The third-order valence-corrected chi connectivity index (χ3v) is 14.7. The molecule has 278 valence electrons. The van der Waals surface area contributed by atoms with E-state index in [0.717, 1.165) is 36.8 Å². The van der Waals surface area contributed by atoms with Gasteiger partial charge in [-0.2, -0.15) is 25.3 Å². The van der Waals surface area contributed by atoms with Crippen LogP contribution >= 0.6 is 0 Å². The van der Waals surface area contributed by atoms with E-state index in [1.807, 2.05) is 0 Å². The Bertz CT molecular complexity index is 1600. The second-order valence-corrected chi connectivity index (χ2v) is 19.4. The van der Waals surface area contributed by atoms with Crippen LogP contribution in [0.5, 0.6) is 0 Å². The molecule has 3 saturated carbocycles. The molecule has 4 N–H and O–H groups in total. The Morgan fingerprint density at radius 2 is 1.50 bits per heavy atom. The van der Waals surface area contributed by atoms with Crippen molar-refractivity contribution in [3.8, 4) is 0 Å². The Balaban J connectivity index is 1.76. The monoisotopic (exact) mass is 742 g/mol. The molecule has 0 amide bonds. The van der Waals surface area contributed by atoms with Crippen molar-refractivity contribution >= 4 is 31.2 Å². The van der Waals surface area contributed by atoms with Gasteiger partial charge in [0.2, 0.25) is 0 Å². The zero-order chi connectivity index (χ0) is 36.6. The van der Waals surface area contributed by atoms with Crippen molar-refractivity contribution in [3.63, 3.8) is 0 Å². The lowest BCUT2D eigenvalue weighted by Crippen LogP contribution is -2.65. The summed E-state index contributed by atoms with van der Waals surface area (Å²) in [6, 6.07) is 0. The van der Waals surface area contributed by atoms with Gasteiger partial charge in [-0.3, -0.25) is 13.7 Å². The van der Waals surface area contributed by atoms with E-state index in [2.05, 4.69) is 65.3 Å². The molecule has 0 heterocycles. The van der Waals surface area contributed by atoms with Crippen molar-refractivity contribution < 1.29 is 56.6 Å². The third-order valence-electron chi connectivity index (χ3n) is 13.2. The van der Waals surface area contributed by atoms with Gasteiger partial charge in [-0.05, 0) is 90.8 Å².